The Kier molecular flexibility index (Phi) is 2.19. The van der Waals surface area contributed by atoms with Gasteiger partial charge < -0.3 is 0 Å². The molecule has 0 atom stereocenters. The van der Waals surface area contributed by atoms with E-state index in [1.54, 1.807) is 11.9 Å². The van der Waals surface area contributed by atoms with E-state index in [9.17, 15) is 4.79 Å². The van der Waals surface area contributed by atoms with Crippen LogP contribution in [0.3, 0.4) is 0 Å². The first kappa shape index (κ1) is 8.91. The van der Waals surface area contributed by atoms with Crippen LogP contribution in [0.5, 0.6) is 0 Å². The molecule has 11 heavy (non-hydrogen) atoms. The minimum atomic E-state index is -0.144. The first-order chi connectivity index (χ1) is 4.95. The average Bonchev–Trinajstić information content (AvgIpc) is 2.09. The van der Waals surface area contributed by atoms with Crippen molar-refractivity contribution in [1.29, 1.82) is 0 Å². The summed E-state index contributed by atoms with van der Waals surface area (Å²) in [6, 6.07) is 0.328. The third kappa shape index (κ3) is 1.53. The summed E-state index contributed by atoms with van der Waals surface area (Å²) in [6.07, 6.45) is 0. The van der Waals surface area contributed by atoms with Gasteiger partial charge in [0.25, 0.3) is 0 Å². The molecule has 0 unspecified atom stereocenters. The Morgan fingerprint density at radius 2 is 2.09 bits per heavy atom. The molecule has 0 aromatic heterocycles. The fourth-order valence-electron chi connectivity index (χ4n) is 1.03. The van der Waals surface area contributed by atoms with Crippen molar-refractivity contribution in [2.45, 2.75) is 33.7 Å². The Balaban J connectivity index is 2.71. The molecule has 64 valence electrons. The van der Waals surface area contributed by atoms with E-state index in [-0.39, 0.29) is 11.3 Å². The van der Waals surface area contributed by atoms with E-state index < -0.39 is 0 Å². The molecule has 0 bridgehead atoms. The maximum Gasteiger partial charge on any atom is 0.239 e. The lowest BCUT2D eigenvalue weighted by Gasteiger charge is -2.20. The van der Waals surface area contributed by atoms with Crippen LogP contribution >= 0.6 is 11.9 Å². The summed E-state index contributed by atoms with van der Waals surface area (Å²) in [5.74, 6) is 1.20. The fourth-order valence-corrected chi connectivity index (χ4v) is 2.28. The smallest absolute Gasteiger partial charge is 0.239 e. The second-order valence-corrected chi connectivity index (χ2v) is 4.82. The van der Waals surface area contributed by atoms with E-state index in [1.807, 2.05) is 32.0 Å². The number of hydrogen-bond donors (Lipinski definition) is 0. The third-order valence-electron chi connectivity index (χ3n) is 1.81. The van der Waals surface area contributed by atoms with Gasteiger partial charge in [0, 0.05) is 11.8 Å². The van der Waals surface area contributed by atoms with E-state index >= 15 is 0 Å². The monoisotopic (exact) mass is 173 g/mol. The van der Waals surface area contributed by atoms with E-state index in [4.69, 9.17) is 0 Å². The van der Waals surface area contributed by atoms with Gasteiger partial charge in [0.15, 0.2) is 0 Å². The summed E-state index contributed by atoms with van der Waals surface area (Å²) in [6.45, 7) is 8.11. The number of nitrogens with zero attached hydrogens (tertiary/aromatic N) is 1. The Labute approximate surface area is 72.5 Å². The predicted molar refractivity (Wildman–Crippen MR) is 48.2 cm³/mol. The van der Waals surface area contributed by atoms with E-state index in [0.29, 0.717) is 6.04 Å². The van der Waals surface area contributed by atoms with E-state index in [0.717, 1.165) is 5.75 Å². The van der Waals surface area contributed by atoms with Crippen molar-refractivity contribution in [3.8, 4) is 0 Å². The van der Waals surface area contributed by atoms with Gasteiger partial charge in [-0.1, -0.05) is 13.8 Å². The van der Waals surface area contributed by atoms with Crippen LogP contribution in [0.1, 0.15) is 27.7 Å². The van der Waals surface area contributed by atoms with Gasteiger partial charge in [-0.15, -0.1) is 0 Å². The second kappa shape index (κ2) is 2.70. The van der Waals surface area contributed by atoms with E-state index in [2.05, 4.69) is 0 Å². The zero-order chi connectivity index (χ0) is 8.65. The summed E-state index contributed by atoms with van der Waals surface area (Å²) >= 11 is 1.65. The number of rotatable bonds is 1. The van der Waals surface area contributed by atoms with Gasteiger partial charge in [-0.3, -0.25) is 9.10 Å². The summed E-state index contributed by atoms with van der Waals surface area (Å²) in [4.78, 5) is 11.6. The van der Waals surface area contributed by atoms with Gasteiger partial charge in [-0.25, -0.2) is 0 Å². The average molecular weight is 173 g/mol. The van der Waals surface area contributed by atoms with Crippen LogP contribution in [0.25, 0.3) is 0 Å². The molecule has 3 heteroatoms. The molecular weight excluding hydrogens is 158 g/mol. The van der Waals surface area contributed by atoms with Crippen molar-refractivity contribution >= 4 is 17.9 Å². The van der Waals surface area contributed by atoms with Crippen molar-refractivity contribution < 1.29 is 4.79 Å². The molecule has 0 aromatic carbocycles. The van der Waals surface area contributed by atoms with Crippen molar-refractivity contribution in [3.63, 3.8) is 0 Å². The van der Waals surface area contributed by atoms with Crippen LogP contribution in [-0.4, -0.2) is 22.0 Å². The Hall–Kier alpha value is -0.180. The van der Waals surface area contributed by atoms with Crippen LogP contribution in [0.4, 0.5) is 0 Å². The number of hydrogen-bond acceptors (Lipinski definition) is 2. The molecule has 1 aliphatic rings. The zero-order valence-corrected chi connectivity index (χ0v) is 8.36. The quantitative estimate of drug-likeness (QED) is 0.565. The van der Waals surface area contributed by atoms with Gasteiger partial charge in [0.1, 0.15) is 0 Å². The lowest BCUT2D eigenvalue weighted by Crippen LogP contribution is -2.33. The van der Waals surface area contributed by atoms with Crippen molar-refractivity contribution in [2.24, 2.45) is 5.41 Å². The summed E-state index contributed by atoms with van der Waals surface area (Å²) in [7, 11) is 0. The summed E-state index contributed by atoms with van der Waals surface area (Å²) < 4.78 is 1.88. The zero-order valence-electron chi connectivity index (χ0n) is 7.55. The molecule has 2 nitrogen and oxygen atoms in total. The van der Waals surface area contributed by atoms with E-state index in [1.165, 1.54) is 0 Å². The number of amides is 1. The lowest BCUT2D eigenvalue weighted by atomic mass is 9.95. The third-order valence-corrected chi connectivity index (χ3v) is 3.53. The van der Waals surface area contributed by atoms with Gasteiger partial charge in [0.2, 0.25) is 5.91 Å². The highest BCUT2D eigenvalue weighted by Crippen LogP contribution is 2.37. The Morgan fingerprint density at radius 1 is 1.55 bits per heavy atom. The largest absolute Gasteiger partial charge is 0.283 e. The van der Waals surface area contributed by atoms with Gasteiger partial charge in [0.05, 0.1) is 5.41 Å². The number of carbonyl (C=O) groups excluding carboxylic acids is 1. The van der Waals surface area contributed by atoms with Crippen molar-refractivity contribution in [2.75, 3.05) is 5.75 Å². The minimum Gasteiger partial charge on any atom is -0.283 e. The minimum absolute atomic E-state index is 0.144. The molecule has 0 aliphatic carbocycles. The molecule has 1 heterocycles. The normalized spacial score (nSPS) is 23.4. The molecule has 1 fully saturated rings. The highest BCUT2D eigenvalue weighted by molar-refractivity contribution is 7.98. The second-order valence-electron chi connectivity index (χ2n) is 3.88. The molecule has 1 amide bonds. The van der Waals surface area contributed by atoms with Crippen LogP contribution in [0.2, 0.25) is 0 Å². The molecule has 0 N–H and O–H groups in total. The molecule has 1 aliphatic heterocycles. The van der Waals surface area contributed by atoms with Crippen molar-refractivity contribution in [3.05, 3.63) is 0 Å². The van der Waals surface area contributed by atoms with Crippen LogP contribution in [0, 0.1) is 5.41 Å². The molecule has 0 aromatic rings. The maximum absolute atomic E-state index is 11.6. The van der Waals surface area contributed by atoms with Crippen LogP contribution < -0.4 is 0 Å². The molecule has 1 saturated heterocycles. The van der Waals surface area contributed by atoms with Gasteiger partial charge in [-0.05, 0) is 25.8 Å². The first-order valence-electron chi connectivity index (χ1n) is 3.92. The summed E-state index contributed by atoms with van der Waals surface area (Å²) in [5, 5.41) is 0. The lowest BCUT2D eigenvalue weighted by molar-refractivity contribution is -0.133. The first-order valence-corrected chi connectivity index (χ1v) is 4.86. The Bertz CT molecular complexity index is 177. The molecular formula is C8H15NOS. The highest BCUT2D eigenvalue weighted by Gasteiger charge is 2.40. The summed E-state index contributed by atoms with van der Waals surface area (Å²) in [5.41, 5.74) is -0.144. The SMILES string of the molecule is CC(C)N1SCC(C)(C)C1=O. The van der Waals surface area contributed by atoms with Crippen molar-refractivity contribution in [1.82, 2.24) is 4.31 Å². The highest BCUT2D eigenvalue weighted by atomic mass is 32.2. The maximum atomic E-state index is 11.6. The molecule has 1 rings (SSSR count). The van der Waals surface area contributed by atoms with Gasteiger partial charge in [-0.2, -0.15) is 0 Å². The standard InChI is InChI=1S/C8H15NOS/c1-6(2)9-7(10)8(3,4)5-11-9/h6H,5H2,1-4H3. The molecule has 0 radical (unpaired) electrons. The molecule has 0 saturated carbocycles. The van der Waals surface area contributed by atoms with Gasteiger partial charge >= 0.3 is 0 Å². The van der Waals surface area contributed by atoms with Crippen LogP contribution in [-0.2, 0) is 4.79 Å². The number of carbonyl (C=O) groups is 1. The predicted octanol–water partition coefficient (Wildman–Crippen LogP) is 1.91. The molecule has 0 spiro atoms. The Morgan fingerprint density at radius 3 is 2.27 bits per heavy atom. The fraction of sp³-hybridized carbons (Fsp3) is 0.875. The topological polar surface area (TPSA) is 20.3 Å². The van der Waals surface area contributed by atoms with Crippen LogP contribution in [0.15, 0.2) is 0 Å².